The molecule has 0 fully saturated rings. The van der Waals surface area contributed by atoms with Crippen LogP contribution in [0.5, 0.6) is 0 Å². The summed E-state index contributed by atoms with van der Waals surface area (Å²) in [6.07, 6.45) is 0. The number of phosphoric acid groups is 2. The van der Waals surface area contributed by atoms with E-state index in [1.807, 2.05) is 0 Å². The second kappa shape index (κ2) is 3.48. The first-order chi connectivity index (χ1) is 5.10. The summed E-state index contributed by atoms with van der Waals surface area (Å²) in [4.78, 5) is 41.6. The average molecular weight is 224 g/mol. The highest BCUT2D eigenvalue weighted by atomic mass is 31.2. The Morgan fingerprint density at radius 3 is 1.33 bits per heavy atom. The summed E-state index contributed by atoms with van der Waals surface area (Å²) < 4.78 is 25.7. The fourth-order valence-corrected chi connectivity index (χ4v) is 0.655. The number of hydrogen-bond acceptors (Lipinski definition) is 5. The van der Waals surface area contributed by atoms with Gasteiger partial charge in [-0.1, -0.05) is 9.25 Å². The Morgan fingerprint density at radius 2 is 1.17 bits per heavy atom. The Bertz CT molecular complexity index is 228. The molecule has 0 aliphatic heterocycles. The van der Waals surface area contributed by atoms with Crippen LogP contribution in [0.15, 0.2) is 0 Å². The molecule has 72 valence electrons. The highest BCUT2D eigenvalue weighted by Gasteiger charge is 2.37. The molecule has 0 saturated carbocycles. The maximum Gasteiger partial charge on any atom is 0.592 e. The Kier molecular flexibility index (Phi) is 3.34. The van der Waals surface area contributed by atoms with Crippen molar-refractivity contribution in [1.82, 2.24) is 0 Å². The normalized spacial score (nSPS) is 12.3. The van der Waals surface area contributed by atoms with Gasteiger partial charge < -0.3 is 0 Å². The van der Waals surface area contributed by atoms with Gasteiger partial charge in [0, 0.05) is 0 Å². The van der Waals surface area contributed by atoms with Crippen LogP contribution in [-0.2, 0) is 18.4 Å². The molecule has 0 aliphatic carbocycles. The third-order valence-electron chi connectivity index (χ3n) is 0.346. The van der Waals surface area contributed by atoms with Crippen LogP contribution in [0.2, 0.25) is 0 Å². The maximum atomic E-state index is 9.96. The summed E-state index contributed by atoms with van der Waals surface area (Å²) in [6.45, 7) is 0. The first-order valence-corrected chi connectivity index (χ1v) is 5.14. The van der Waals surface area contributed by atoms with Gasteiger partial charge in [-0.05, 0) is 0 Å². The summed E-state index contributed by atoms with van der Waals surface area (Å²) in [5, 5.41) is -1.36. The van der Waals surface area contributed by atoms with Crippen molar-refractivity contribution >= 4 is 15.6 Å². The van der Waals surface area contributed by atoms with Crippen LogP contribution in [0.25, 0.3) is 0 Å². The molecule has 0 spiro atoms. The van der Waals surface area contributed by atoms with Crippen LogP contribution in [0.1, 0.15) is 0 Å². The van der Waals surface area contributed by atoms with Gasteiger partial charge in [-0.3, -0.25) is 19.6 Å². The zero-order chi connectivity index (χ0) is 9.99. The molecular weight excluding hydrogens is 220 g/mol. The van der Waals surface area contributed by atoms with E-state index in [0.717, 1.165) is 0 Å². The van der Waals surface area contributed by atoms with E-state index in [2.05, 4.69) is 9.25 Å². The largest absolute Gasteiger partial charge is 0.592 e. The van der Waals surface area contributed by atoms with E-state index >= 15 is 0 Å². The van der Waals surface area contributed by atoms with E-state index in [-0.39, 0.29) is 0 Å². The van der Waals surface area contributed by atoms with Gasteiger partial charge in [-0.2, -0.15) is 0 Å². The van der Waals surface area contributed by atoms with Crippen molar-refractivity contribution in [2.45, 2.75) is 0 Å². The van der Waals surface area contributed by atoms with E-state index in [1.54, 1.807) is 0 Å². The van der Waals surface area contributed by atoms with Gasteiger partial charge in [-0.25, -0.2) is 9.13 Å². The molecule has 0 amide bonds. The number of hydrogen-bond donors (Lipinski definition) is 4. The molecule has 0 unspecified atom stereocenters. The minimum absolute atomic E-state index is 1.36. The molecule has 0 aliphatic rings. The van der Waals surface area contributed by atoms with Crippen LogP contribution < -0.4 is 0 Å². The lowest BCUT2D eigenvalue weighted by Gasteiger charge is -1.94. The van der Waals surface area contributed by atoms with E-state index in [1.165, 1.54) is 0 Å². The monoisotopic (exact) mass is 224 g/mol. The van der Waals surface area contributed by atoms with Crippen LogP contribution in [0.3, 0.4) is 0 Å². The topological polar surface area (TPSA) is 154 Å². The minimum atomic E-state index is -5.16. The predicted molar refractivity (Wildman–Crippen MR) is 29.9 cm³/mol. The first-order valence-electron chi connectivity index (χ1n) is 2.08. The molecule has 4 N–H and O–H groups in total. The Morgan fingerprint density at radius 1 is 0.917 bits per heavy atom. The molecule has 0 atom stereocenters. The molecule has 0 rings (SSSR count). The highest BCUT2D eigenvalue weighted by Crippen LogP contribution is 2.41. The quantitative estimate of drug-likeness (QED) is 0.340. The van der Waals surface area contributed by atoms with Crippen LogP contribution in [-0.4, -0.2) is 24.7 Å². The summed E-state index contributed by atoms with van der Waals surface area (Å²) in [5.74, 6) is 0. The first kappa shape index (κ1) is 11.5. The van der Waals surface area contributed by atoms with Gasteiger partial charge in [0.2, 0.25) is 0 Å². The lowest BCUT2D eigenvalue weighted by Crippen LogP contribution is -2.06. The third kappa shape index (κ3) is 7.61. The smallest absolute Gasteiger partial charge is 0.289 e. The van der Waals surface area contributed by atoms with E-state index in [4.69, 9.17) is 19.6 Å². The second-order valence-electron chi connectivity index (χ2n) is 1.37. The molecular formula is H4NO9P2+. The van der Waals surface area contributed by atoms with Crippen molar-refractivity contribution < 1.29 is 43.0 Å². The SMILES string of the molecule is O=[N+](OP(=O)(O)O)OP(=O)(O)O. The molecule has 0 aromatic heterocycles. The van der Waals surface area contributed by atoms with Gasteiger partial charge >= 0.3 is 20.7 Å². The molecule has 0 bridgehead atoms. The molecule has 0 saturated heterocycles. The number of rotatable bonds is 4. The Balaban J connectivity index is 4.10. The van der Waals surface area contributed by atoms with Crippen molar-refractivity contribution in [1.29, 1.82) is 0 Å². The lowest BCUT2D eigenvalue weighted by molar-refractivity contribution is -0.930. The van der Waals surface area contributed by atoms with Crippen molar-refractivity contribution in [3.05, 3.63) is 4.91 Å². The Hall–Kier alpha value is -0.500. The zero-order valence-corrected chi connectivity index (χ0v) is 6.96. The molecule has 10 nitrogen and oxygen atoms in total. The van der Waals surface area contributed by atoms with Crippen molar-refractivity contribution in [2.75, 3.05) is 0 Å². The fourth-order valence-electron chi connectivity index (χ4n) is 0.189. The minimum Gasteiger partial charge on any atom is -0.289 e. The summed E-state index contributed by atoms with van der Waals surface area (Å²) in [6, 6.07) is 0. The van der Waals surface area contributed by atoms with Crippen molar-refractivity contribution in [3.8, 4) is 0 Å². The lowest BCUT2D eigenvalue weighted by atomic mass is 13.1. The van der Waals surface area contributed by atoms with Gasteiger partial charge in [0.1, 0.15) is 4.91 Å². The predicted octanol–water partition coefficient (Wildman–Crippen LogP) is -1.19. The number of nitrogens with zero attached hydrogens (tertiary/aromatic N) is 1. The molecule has 12 heteroatoms. The van der Waals surface area contributed by atoms with Gasteiger partial charge in [0.25, 0.3) is 0 Å². The van der Waals surface area contributed by atoms with Crippen LogP contribution >= 0.6 is 15.6 Å². The van der Waals surface area contributed by atoms with Crippen LogP contribution in [0.4, 0.5) is 0 Å². The summed E-state index contributed by atoms with van der Waals surface area (Å²) >= 11 is 0. The summed E-state index contributed by atoms with van der Waals surface area (Å²) in [5.41, 5.74) is 0. The molecule has 0 radical (unpaired) electrons. The van der Waals surface area contributed by atoms with Gasteiger partial charge in [-0.15, -0.1) is 0 Å². The molecule has 0 aromatic carbocycles. The molecule has 12 heavy (non-hydrogen) atoms. The summed E-state index contributed by atoms with van der Waals surface area (Å²) in [7, 11) is -10.3. The van der Waals surface area contributed by atoms with E-state index in [9.17, 15) is 14.0 Å². The molecule has 0 heterocycles. The standard InChI is InChI=1S/H3NO9P2/c2-1(9-11(3,4)5)10-12(6,7)8/h(H3-,3,4,5,6,7,8)/p+1. The van der Waals surface area contributed by atoms with E-state index < -0.39 is 20.7 Å². The van der Waals surface area contributed by atoms with Gasteiger partial charge in [0.05, 0.1) is 0 Å². The van der Waals surface area contributed by atoms with E-state index in [0.29, 0.717) is 0 Å². The maximum absolute atomic E-state index is 9.96. The fraction of sp³-hybridized carbons (Fsp3) is 0. The van der Waals surface area contributed by atoms with Crippen molar-refractivity contribution in [3.63, 3.8) is 0 Å². The van der Waals surface area contributed by atoms with Gasteiger partial charge in [0.15, 0.2) is 0 Å². The van der Waals surface area contributed by atoms with Crippen molar-refractivity contribution in [2.24, 2.45) is 0 Å². The molecule has 0 aromatic rings. The van der Waals surface area contributed by atoms with Crippen LogP contribution in [0, 0.1) is 4.91 Å². The highest BCUT2D eigenvalue weighted by molar-refractivity contribution is 7.46. The second-order valence-corrected chi connectivity index (χ2v) is 3.66. The Labute approximate surface area is 64.7 Å². The zero-order valence-electron chi connectivity index (χ0n) is 5.17. The average Bonchev–Trinajstić information content (AvgIpc) is 1.49. The third-order valence-corrected chi connectivity index (χ3v) is 1.04.